The first-order chi connectivity index (χ1) is 13.4. The van der Waals surface area contributed by atoms with Crippen molar-refractivity contribution < 1.29 is 14.4 Å². The van der Waals surface area contributed by atoms with E-state index in [1.165, 1.54) is 24.1 Å². The Morgan fingerprint density at radius 2 is 1.50 bits per heavy atom. The molecule has 0 unspecified atom stereocenters. The summed E-state index contributed by atoms with van der Waals surface area (Å²) in [5.41, 5.74) is 2.64. The molecule has 3 nitrogen and oxygen atoms in total. The highest BCUT2D eigenvalue weighted by atomic mass is 16.5. The molecule has 1 saturated heterocycles. The molecule has 0 spiro atoms. The summed E-state index contributed by atoms with van der Waals surface area (Å²) in [5, 5.41) is 0. The summed E-state index contributed by atoms with van der Waals surface area (Å²) >= 11 is 0. The Hall–Kier alpha value is -1.84. The van der Waals surface area contributed by atoms with Crippen molar-refractivity contribution in [1.82, 2.24) is 0 Å². The minimum Gasteiger partial charge on any atom is -0.494 e. The predicted octanol–water partition coefficient (Wildman–Crippen LogP) is 3.86. The summed E-state index contributed by atoms with van der Waals surface area (Å²) < 4.78 is 11.8. The maximum atomic E-state index is 5.98. The summed E-state index contributed by atoms with van der Waals surface area (Å²) in [5.74, 6) is 0.966. The van der Waals surface area contributed by atoms with Gasteiger partial charge in [0.15, 0.2) is 0 Å². The molecule has 0 aliphatic carbocycles. The molecule has 3 rings (SSSR count). The van der Waals surface area contributed by atoms with Crippen LogP contribution in [0.2, 0.25) is 0 Å². The number of quaternary nitrogens is 1. The summed E-state index contributed by atoms with van der Waals surface area (Å²) in [4.78, 5) is 1.67. The largest absolute Gasteiger partial charge is 0.494 e. The van der Waals surface area contributed by atoms with Crippen LogP contribution in [0.15, 0.2) is 54.6 Å². The number of hydrogen-bond donors (Lipinski definition) is 1. The molecule has 1 N–H and O–H groups in total. The van der Waals surface area contributed by atoms with Crippen molar-refractivity contribution in [2.45, 2.75) is 58.2 Å². The fourth-order valence-corrected chi connectivity index (χ4v) is 4.25. The molecule has 0 bridgehead atoms. The standard InChI is InChI=1S/C25H35NO2/c1-20-18-26(19-21(2)28-20)16-8-9-17-27-24-14-12-23(13-15-24)25(3,4)22-10-6-5-7-11-22/h5-7,10-15,20-21H,8-9,16-19H2,1-4H3/p+1/t20-,21-/m1/s1. The molecule has 0 saturated carbocycles. The molecule has 1 aliphatic heterocycles. The molecule has 1 aliphatic rings. The molecule has 2 aromatic carbocycles. The highest BCUT2D eigenvalue weighted by molar-refractivity contribution is 5.39. The highest BCUT2D eigenvalue weighted by Gasteiger charge is 2.25. The van der Waals surface area contributed by atoms with Gasteiger partial charge in [0.05, 0.1) is 13.2 Å². The van der Waals surface area contributed by atoms with Crippen molar-refractivity contribution in [3.8, 4) is 5.75 Å². The summed E-state index contributed by atoms with van der Waals surface area (Å²) in [7, 11) is 0. The van der Waals surface area contributed by atoms with Crippen molar-refractivity contribution in [1.29, 1.82) is 0 Å². The molecule has 2 atom stereocenters. The van der Waals surface area contributed by atoms with E-state index in [1.54, 1.807) is 4.90 Å². The monoisotopic (exact) mass is 382 g/mol. The lowest BCUT2D eigenvalue weighted by atomic mass is 9.78. The molecule has 1 fully saturated rings. The van der Waals surface area contributed by atoms with Gasteiger partial charge < -0.3 is 14.4 Å². The molecule has 0 radical (unpaired) electrons. The zero-order chi connectivity index (χ0) is 20.0. The predicted molar refractivity (Wildman–Crippen MR) is 115 cm³/mol. The van der Waals surface area contributed by atoms with Crippen molar-refractivity contribution in [3.05, 3.63) is 65.7 Å². The number of morpholine rings is 1. The Labute approximate surface area is 170 Å². The Kier molecular flexibility index (Phi) is 7.14. The third-order valence-electron chi connectivity index (χ3n) is 5.88. The van der Waals surface area contributed by atoms with E-state index in [1.807, 2.05) is 0 Å². The van der Waals surface area contributed by atoms with Crippen molar-refractivity contribution >= 4 is 0 Å². The van der Waals surface area contributed by atoms with E-state index >= 15 is 0 Å². The lowest BCUT2D eigenvalue weighted by Crippen LogP contribution is -3.15. The van der Waals surface area contributed by atoms with Crippen LogP contribution >= 0.6 is 0 Å². The summed E-state index contributed by atoms with van der Waals surface area (Å²) in [6.45, 7) is 13.2. The Morgan fingerprint density at radius 1 is 0.893 bits per heavy atom. The average molecular weight is 383 g/mol. The fourth-order valence-electron chi connectivity index (χ4n) is 4.25. The maximum Gasteiger partial charge on any atom is 0.119 e. The van der Waals surface area contributed by atoms with E-state index in [0.29, 0.717) is 12.2 Å². The quantitative estimate of drug-likeness (QED) is 0.701. The van der Waals surface area contributed by atoms with Gasteiger partial charge in [-0.2, -0.15) is 0 Å². The first-order valence-electron chi connectivity index (χ1n) is 10.7. The van der Waals surface area contributed by atoms with E-state index in [4.69, 9.17) is 9.47 Å². The molecule has 0 aromatic heterocycles. The van der Waals surface area contributed by atoms with Crippen molar-refractivity contribution in [2.75, 3.05) is 26.2 Å². The molecule has 3 heteroatoms. The highest BCUT2D eigenvalue weighted by Crippen LogP contribution is 2.32. The molecule has 1 heterocycles. The van der Waals surface area contributed by atoms with E-state index in [-0.39, 0.29) is 5.41 Å². The Bertz CT molecular complexity index is 701. The van der Waals surface area contributed by atoms with Gasteiger partial charge in [0.25, 0.3) is 0 Å². The number of rotatable bonds is 8. The van der Waals surface area contributed by atoms with Crippen LogP contribution in [0.5, 0.6) is 5.75 Å². The van der Waals surface area contributed by atoms with Crippen LogP contribution in [0.3, 0.4) is 0 Å². The van der Waals surface area contributed by atoms with Gasteiger partial charge in [-0.3, -0.25) is 0 Å². The third kappa shape index (κ3) is 5.59. The number of unbranched alkanes of at least 4 members (excludes halogenated alkanes) is 1. The van der Waals surface area contributed by atoms with Crippen LogP contribution in [-0.4, -0.2) is 38.4 Å². The van der Waals surface area contributed by atoms with Crippen LogP contribution in [-0.2, 0) is 10.2 Å². The molecular formula is C25H36NO2+. The van der Waals surface area contributed by atoms with E-state index < -0.39 is 0 Å². The Balaban J connectivity index is 1.42. The lowest BCUT2D eigenvalue weighted by Gasteiger charge is -2.32. The maximum absolute atomic E-state index is 5.98. The van der Waals surface area contributed by atoms with Gasteiger partial charge in [-0.25, -0.2) is 0 Å². The lowest BCUT2D eigenvalue weighted by molar-refractivity contribution is -0.915. The average Bonchev–Trinajstić information content (AvgIpc) is 2.68. The van der Waals surface area contributed by atoms with Crippen LogP contribution in [0.1, 0.15) is 51.7 Å². The van der Waals surface area contributed by atoms with Crippen molar-refractivity contribution in [2.24, 2.45) is 0 Å². The van der Waals surface area contributed by atoms with Crippen LogP contribution in [0, 0.1) is 0 Å². The first-order valence-corrected chi connectivity index (χ1v) is 10.7. The van der Waals surface area contributed by atoms with E-state index in [0.717, 1.165) is 31.9 Å². The molecule has 2 aromatic rings. The second-order valence-electron chi connectivity index (χ2n) is 8.74. The number of ether oxygens (including phenoxy) is 2. The van der Waals surface area contributed by atoms with Crippen LogP contribution in [0.4, 0.5) is 0 Å². The smallest absolute Gasteiger partial charge is 0.119 e. The van der Waals surface area contributed by atoms with Crippen LogP contribution < -0.4 is 9.64 Å². The van der Waals surface area contributed by atoms with Gasteiger partial charge in [0, 0.05) is 5.41 Å². The first kappa shape index (κ1) is 20.9. The molecule has 28 heavy (non-hydrogen) atoms. The second kappa shape index (κ2) is 9.58. The van der Waals surface area contributed by atoms with Gasteiger partial charge in [-0.15, -0.1) is 0 Å². The van der Waals surface area contributed by atoms with Gasteiger partial charge in [-0.1, -0.05) is 56.3 Å². The summed E-state index contributed by atoms with van der Waals surface area (Å²) in [6, 6.07) is 19.3. The van der Waals surface area contributed by atoms with Crippen LogP contribution in [0.25, 0.3) is 0 Å². The minimum absolute atomic E-state index is 0.00496. The van der Waals surface area contributed by atoms with E-state index in [2.05, 4.69) is 82.3 Å². The number of benzene rings is 2. The topological polar surface area (TPSA) is 22.9 Å². The second-order valence-corrected chi connectivity index (χ2v) is 8.74. The SMILES string of the molecule is C[C@@H]1C[NH+](CCCCOc2ccc(C(C)(C)c3ccccc3)cc2)C[C@@H](C)O1. The fraction of sp³-hybridized carbons (Fsp3) is 0.520. The minimum atomic E-state index is -0.00496. The third-order valence-corrected chi connectivity index (χ3v) is 5.88. The van der Waals surface area contributed by atoms with Gasteiger partial charge in [-0.05, 0) is 49.9 Å². The number of nitrogens with one attached hydrogen (secondary N) is 1. The zero-order valence-corrected chi connectivity index (χ0v) is 17.9. The number of hydrogen-bond acceptors (Lipinski definition) is 2. The molecule has 0 amide bonds. The summed E-state index contributed by atoms with van der Waals surface area (Å²) in [6.07, 6.45) is 3.07. The molecule has 152 valence electrons. The Morgan fingerprint density at radius 3 is 2.14 bits per heavy atom. The van der Waals surface area contributed by atoms with Crippen molar-refractivity contribution in [3.63, 3.8) is 0 Å². The zero-order valence-electron chi connectivity index (χ0n) is 17.9. The van der Waals surface area contributed by atoms with E-state index in [9.17, 15) is 0 Å². The van der Waals surface area contributed by atoms with Gasteiger partial charge >= 0.3 is 0 Å². The van der Waals surface area contributed by atoms with Gasteiger partial charge in [0.2, 0.25) is 0 Å². The normalized spacial score (nSPS) is 22.8. The molecular weight excluding hydrogens is 346 g/mol. The van der Waals surface area contributed by atoms with Gasteiger partial charge in [0.1, 0.15) is 31.0 Å².